The quantitative estimate of drug-likeness (QED) is 0.416. The Bertz CT molecular complexity index is 1020. The average Bonchev–Trinajstić information content (AvgIpc) is 3.08. The number of hydrogen-bond acceptors (Lipinski definition) is 7. The lowest BCUT2D eigenvalue weighted by Gasteiger charge is -2.29. The summed E-state index contributed by atoms with van der Waals surface area (Å²) >= 11 is 0. The van der Waals surface area contributed by atoms with Crippen LogP contribution in [0, 0.1) is 6.92 Å². The zero-order chi connectivity index (χ0) is 22.1. The summed E-state index contributed by atoms with van der Waals surface area (Å²) in [5.41, 5.74) is 9.57. The summed E-state index contributed by atoms with van der Waals surface area (Å²) in [6.45, 7) is 12.3. The lowest BCUT2D eigenvalue weighted by Crippen LogP contribution is -2.41. The topological polar surface area (TPSA) is 114 Å². The number of imidazole rings is 1. The van der Waals surface area contributed by atoms with Gasteiger partial charge in [-0.3, -0.25) is 0 Å². The molecule has 0 saturated carbocycles. The number of rotatable bonds is 8. The van der Waals surface area contributed by atoms with E-state index in [0.29, 0.717) is 23.8 Å². The van der Waals surface area contributed by atoms with E-state index in [1.54, 1.807) is 20.2 Å². The highest BCUT2D eigenvalue weighted by Crippen LogP contribution is 2.26. The maximum absolute atomic E-state index is 10.5. The van der Waals surface area contributed by atoms with Gasteiger partial charge in [-0.15, -0.1) is 0 Å². The Morgan fingerprint density at radius 3 is 2.57 bits per heavy atom. The van der Waals surface area contributed by atoms with Crippen molar-refractivity contribution in [3.8, 4) is 0 Å². The molecule has 3 aromatic rings. The molecule has 0 saturated heterocycles. The van der Waals surface area contributed by atoms with Crippen LogP contribution >= 0.6 is 0 Å². The Morgan fingerprint density at radius 1 is 1.23 bits per heavy atom. The van der Waals surface area contributed by atoms with Crippen molar-refractivity contribution in [2.24, 2.45) is 0 Å². The number of aryl methyl sites for hydroxylation is 1. The number of anilines is 3. The largest absolute Gasteiger partial charge is 0.398 e. The van der Waals surface area contributed by atoms with Gasteiger partial charge in [0.2, 0.25) is 5.95 Å². The third-order valence-corrected chi connectivity index (χ3v) is 5.29. The van der Waals surface area contributed by atoms with Gasteiger partial charge in [0.15, 0.2) is 17.0 Å². The summed E-state index contributed by atoms with van der Waals surface area (Å²) in [6, 6.07) is 6.03. The Kier molecular flexibility index (Phi) is 6.17. The number of fused-ring (bicyclic) bond motifs is 1. The lowest BCUT2D eigenvalue weighted by molar-refractivity contribution is 0.0577. The number of aliphatic hydroxyl groups is 1. The fraction of sp³-hybridized carbons (Fsp3) is 0.500. The number of aromatic nitrogens is 4. The summed E-state index contributed by atoms with van der Waals surface area (Å²) in [7, 11) is 0. The van der Waals surface area contributed by atoms with Crippen molar-refractivity contribution >= 4 is 28.6 Å². The minimum Gasteiger partial charge on any atom is -0.398 e. The van der Waals surface area contributed by atoms with E-state index in [2.05, 4.69) is 34.4 Å². The van der Waals surface area contributed by atoms with Crippen LogP contribution in [0.3, 0.4) is 0 Å². The van der Waals surface area contributed by atoms with E-state index in [1.165, 1.54) is 0 Å². The molecule has 0 amide bonds. The van der Waals surface area contributed by atoms with E-state index >= 15 is 0 Å². The molecule has 162 valence electrons. The molecule has 1 unspecified atom stereocenters. The Morgan fingerprint density at radius 2 is 1.97 bits per heavy atom. The maximum Gasteiger partial charge on any atom is 0.227 e. The van der Waals surface area contributed by atoms with Crippen LogP contribution in [-0.2, 0) is 6.54 Å². The minimum absolute atomic E-state index is 0.189. The zero-order valence-corrected chi connectivity index (χ0v) is 18.7. The highest BCUT2D eigenvalue weighted by molar-refractivity contribution is 5.84. The van der Waals surface area contributed by atoms with Gasteiger partial charge in [0.25, 0.3) is 0 Å². The number of nitrogen functional groups attached to an aromatic ring is 1. The first-order valence-electron chi connectivity index (χ1n) is 10.4. The van der Waals surface area contributed by atoms with E-state index in [0.717, 1.165) is 28.9 Å². The van der Waals surface area contributed by atoms with Gasteiger partial charge < -0.3 is 26.0 Å². The molecule has 8 nitrogen and oxygen atoms in total. The molecule has 2 heterocycles. The highest BCUT2D eigenvalue weighted by atomic mass is 16.3. The van der Waals surface area contributed by atoms with Crippen LogP contribution in [0.25, 0.3) is 11.2 Å². The van der Waals surface area contributed by atoms with Crippen molar-refractivity contribution in [1.82, 2.24) is 19.5 Å². The third-order valence-electron chi connectivity index (χ3n) is 5.29. The van der Waals surface area contributed by atoms with Crippen LogP contribution in [-0.4, -0.2) is 36.3 Å². The van der Waals surface area contributed by atoms with Gasteiger partial charge in [0.05, 0.1) is 18.0 Å². The summed E-state index contributed by atoms with van der Waals surface area (Å²) in [4.78, 5) is 13.9. The average molecular weight is 412 g/mol. The molecule has 0 spiro atoms. The molecule has 0 radical (unpaired) electrons. The van der Waals surface area contributed by atoms with Crippen LogP contribution < -0.4 is 16.4 Å². The van der Waals surface area contributed by atoms with Gasteiger partial charge >= 0.3 is 0 Å². The van der Waals surface area contributed by atoms with Crippen molar-refractivity contribution < 1.29 is 5.11 Å². The number of nitrogens with zero attached hydrogens (tertiary/aromatic N) is 4. The number of hydrogen-bond donors (Lipinski definition) is 4. The zero-order valence-electron chi connectivity index (χ0n) is 18.7. The summed E-state index contributed by atoms with van der Waals surface area (Å²) < 4.78 is 2.01. The molecule has 1 atom stereocenters. The van der Waals surface area contributed by atoms with Crippen molar-refractivity contribution in [2.45, 2.75) is 72.2 Å². The Balaban J connectivity index is 1.99. The molecule has 3 rings (SSSR count). The molecule has 30 heavy (non-hydrogen) atoms. The van der Waals surface area contributed by atoms with Crippen LogP contribution in [0.1, 0.15) is 58.2 Å². The predicted octanol–water partition coefficient (Wildman–Crippen LogP) is 3.87. The Labute approximate surface area is 177 Å². The molecular formula is C22H33N7O. The smallest absolute Gasteiger partial charge is 0.227 e. The number of nitrogens with two attached hydrogens (primary N) is 1. The van der Waals surface area contributed by atoms with E-state index in [4.69, 9.17) is 10.7 Å². The molecule has 5 N–H and O–H groups in total. The van der Waals surface area contributed by atoms with Gasteiger partial charge in [0.1, 0.15) is 0 Å². The van der Waals surface area contributed by atoms with Gasteiger partial charge in [0, 0.05) is 18.3 Å². The molecule has 8 heteroatoms. The number of benzene rings is 1. The molecule has 0 aliphatic carbocycles. The summed E-state index contributed by atoms with van der Waals surface area (Å²) in [6.07, 6.45) is 2.52. The maximum atomic E-state index is 10.5. The van der Waals surface area contributed by atoms with Gasteiger partial charge in [-0.25, -0.2) is 4.98 Å². The fourth-order valence-corrected chi connectivity index (χ4v) is 3.47. The molecule has 1 aromatic carbocycles. The first kappa shape index (κ1) is 21.8. The van der Waals surface area contributed by atoms with Gasteiger partial charge in [-0.05, 0) is 58.2 Å². The van der Waals surface area contributed by atoms with E-state index < -0.39 is 5.60 Å². The fourth-order valence-electron chi connectivity index (χ4n) is 3.47. The van der Waals surface area contributed by atoms with Gasteiger partial charge in [-0.2, -0.15) is 9.97 Å². The Hall–Kier alpha value is -2.87. The van der Waals surface area contributed by atoms with Crippen molar-refractivity contribution in [3.05, 3.63) is 35.7 Å². The van der Waals surface area contributed by atoms with E-state index in [-0.39, 0.29) is 12.1 Å². The van der Waals surface area contributed by atoms with Crippen molar-refractivity contribution in [2.75, 3.05) is 16.4 Å². The molecule has 0 bridgehead atoms. The third kappa shape index (κ3) is 4.64. The SMILES string of the molecule is CCC(Nc1nc(NCc2ccc(C)cc2N)c2ncn(C(C)C)c2n1)C(C)(C)O. The molecule has 2 aromatic heterocycles. The first-order valence-corrected chi connectivity index (χ1v) is 10.4. The van der Waals surface area contributed by atoms with Crippen LogP contribution in [0.5, 0.6) is 0 Å². The summed E-state index contributed by atoms with van der Waals surface area (Å²) in [5.74, 6) is 1.09. The van der Waals surface area contributed by atoms with Crippen molar-refractivity contribution in [3.63, 3.8) is 0 Å². The van der Waals surface area contributed by atoms with E-state index in [9.17, 15) is 5.11 Å². The minimum atomic E-state index is -0.907. The van der Waals surface area contributed by atoms with Crippen LogP contribution in [0.2, 0.25) is 0 Å². The normalized spacial score (nSPS) is 13.1. The monoisotopic (exact) mass is 411 g/mol. The molecular weight excluding hydrogens is 378 g/mol. The predicted molar refractivity (Wildman–Crippen MR) is 123 cm³/mol. The number of nitrogens with one attached hydrogen (secondary N) is 2. The van der Waals surface area contributed by atoms with Crippen molar-refractivity contribution in [1.29, 1.82) is 0 Å². The van der Waals surface area contributed by atoms with Crippen LogP contribution in [0.4, 0.5) is 17.5 Å². The second-order valence-electron chi connectivity index (χ2n) is 8.63. The lowest BCUT2D eigenvalue weighted by atomic mass is 9.97. The highest BCUT2D eigenvalue weighted by Gasteiger charge is 2.26. The summed E-state index contributed by atoms with van der Waals surface area (Å²) in [5, 5.41) is 17.1. The van der Waals surface area contributed by atoms with Gasteiger partial charge in [-0.1, -0.05) is 19.1 Å². The standard InChI is InChI=1S/C22H33N7O/c1-7-17(22(5,6)30)26-21-27-19(18-20(28-21)29(12-25-18)13(2)3)24-11-15-9-8-14(4)10-16(15)23/h8-10,12-13,17,30H,7,11,23H2,1-6H3,(H2,24,26,27,28). The molecule has 0 aliphatic rings. The second kappa shape index (κ2) is 8.47. The molecule has 0 fully saturated rings. The first-order chi connectivity index (χ1) is 14.1. The van der Waals surface area contributed by atoms with Crippen LogP contribution in [0.15, 0.2) is 24.5 Å². The van der Waals surface area contributed by atoms with E-state index in [1.807, 2.05) is 36.6 Å². The second-order valence-corrected chi connectivity index (χ2v) is 8.63. The molecule has 0 aliphatic heterocycles.